The molecule has 1 aliphatic heterocycles. The normalized spacial score (nSPS) is 20.0. The van der Waals surface area contributed by atoms with Gasteiger partial charge in [0.15, 0.2) is 0 Å². The molecule has 1 unspecified atom stereocenters. The molecule has 15 heavy (non-hydrogen) atoms. The number of hydrogen-bond donors (Lipinski definition) is 1. The van der Waals surface area contributed by atoms with E-state index in [1.165, 1.54) is 0 Å². The van der Waals surface area contributed by atoms with E-state index in [1.54, 1.807) is 12.4 Å². The van der Waals surface area contributed by atoms with Gasteiger partial charge in [-0.05, 0) is 43.6 Å². The van der Waals surface area contributed by atoms with E-state index >= 15 is 0 Å². The zero-order chi connectivity index (χ0) is 10.5. The Balaban J connectivity index is 1.91. The molecule has 4 heteroatoms. The zero-order valence-electron chi connectivity index (χ0n) is 8.69. The highest BCUT2D eigenvalue weighted by Crippen LogP contribution is 2.14. The largest absolute Gasteiger partial charge is 0.317 e. The molecule has 0 saturated carbocycles. The van der Waals surface area contributed by atoms with Gasteiger partial charge in [-0.15, -0.1) is 0 Å². The van der Waals surface area contributed by atoms with E-state index in [2.05, 4.69) is 10.3 Å². The van der Waals surface area contributed by atoms with Gasteiger partial charge < -0.3 is 5.32 Å². The van der Waals surface area contributed by atoms with Crippen LogP contribution >= 0.6 is 0 Å². The van der Waals surface area contributed by atoms with Crippen molar-refractivity contribution in [2.45, 2.75) is 23.8 Å². The number of pyridine rings is 1. The lowest BCUT2D eigenvalue weighted by Gasteiger charge is -2.21. The summed E-state index contributed by atoms with van der Waals surface area (Å²) in [5.41, 5.74) is 1.13. The van der Waals surface area contributed by atoms with Crippen LogP contribution in [-0.4, -0.2) is 27.5 Å². The number of rotatable bonds is 3. The molecular formula is C11H16N2OS. The fourth-order valence-electron chi connectivity index (χ4n) is 1.82. The minimum Gasteiger partial charge on any atom is -0.317 e. The van der Waals surface area contributed by atoms with Crippen LogP contribution in [0, 0.1) is 0 Å². The van der Waals surface area contributed by atoms with Crippen LogP contribution in [0.15, 0.2) is 24.5 Å². The van der Waals surface area contributed by atoms with E-state index in [4.69, 9.17) is 0 Å². The Morgan fingerprint density at radius 2 is 2.00 bits per heavy atom. The fourth-order valence-corrected chi connectivity index (χ4v) is 3.34. The SMILES string of the molecule is O=S(Cc1ccncc1)C1CCNCC1. The summed E-state index contributed by atoms with van der Waals surface area (Å²) in [4.78, 5) is 3.96. The topological polar surface area (TPSA) is 42.0 Å². The molecule has 3 nitrogen and oxygen atoms in total. The maximum Gasteiger partial charge on any atom is 0.0489 e. The summed E-state index contributed by atoms with van der Waals surface area (Å²) in [6, 6.07) is 3.89. The van der Waals surface area contributed by atoms with Crippen LogP contribution in [0.5, 0.6) is 0 Å². The highest BCUT2D eigenvalue weighted by atomic mass is 32.2. The first-order valence-corrected chi connectivity index (χ1v) is 6.71. The summed E-state index contributed by atoms with van der Waals surface area (Å²) >= 11 is 0. The molecule has 82 valence electrons. The first kappa shape index (κ1) is 10.8. The minimum absolute atomic E-state index is 0.374. The Bertz CT molecular complexity index is 323. The van der Waals surface area contributed by atoms with E-state index < -0.39 is 10.8 Å². The zero-order valence-corrected chi connectivity index (χ0v) is 9.50. The van der Waals surface area contributed by atoms with E-state index in [0.717, 1.165) is 31.5 Å². The highest BCUT2D eigenvalue weighted by Gasteiger charge is 2.19. The highest BCUT2D eigenvalue weighted by molar-refractivity contribution is 7.84. The van der Waals surface area contributed by atoms with Crippen LogP contribution in [0.1, 0.15) is 18.4 Å². The molecule has 1 aliphatic rings. The van der Waals surface area contributed by atoms with Crippen LogP contribution in [0.4, 0.5) is 0 Å². The third-order valence-corrected chi connectivity index (χ3v) is 4.55. The third kappa shape index (κ3) is 3.11. The van der Waals surface area contributed by atoms with E-state index in [1.807, 2.05) is 12.1 Å². The van der Waals surface area contributed by atoms with E-state index in [-0.39, 0.29) is 0 Å². The molecular weight excluding hydrogens is 208 g/mol. The number of piperidine rings is 1. The van der Waals surface area contributed by atoms with Crippen molar-refractivity contribution in [2.75, 3.05) is 13.1 Å². The van der Waals surface area contributed by atoms with Crippen molar-refractivity contribution in [1.29, 1.82) is 0 Å². The summed E-state index contributed by atoms with van der Waals surface area (Å²) in [7, 11) is -0.725. The molecule has 0 aromatic carbocycles. The Kier molecular flexibility index (Phi) is 3.86. The summed E-state index contributed by atoms with van der Waals surface area (Å²) in [5.74, 6) is 0.674. The van der Waals surface area contributed by atoms with Crippen LogP contribution in [0.3, 0.4) is 0 Å². The van der Waals surface area contributed by atoms with Gasteiger partial charge in [0.05, 0.1) is 0 Å². The molecule has 1 fully saturated rings. The van der Waals surface area contributed by atoms with Crippen LogP contribution in [-0.2, 0) is 16.6 Å². The van der Waals surface area contributed by atoms with Crippen molar-refractivity contribution in [1.82, 2.24) is 10.3 Å². The lowest BCUT2D eigenvalue weighted by Crippen LogP contribution is -2.33. The molecule has 1 aromatic heterocycles. The third-order valence-electron chi connectivity index (χ3n) is 2.72. The van der Waals surface area contributed by atoms with E-state index in [9.17, 15) is 4.21 Å². The van der Waals surface area contributed by atoms with Gasteiger partial charge >= 0.3 is 0 Å². The number of nitrogens with zero attached hydrogens (tertiary/aromatic N) is 1. The summed E-state index contributed by atoms with van der Waals surface area (Å²) < 4.78 is 12.0. The van der Waals surface area contributed by atoms with Gasteiger partial charge in [0, 0.05) is 34.2 Å². The summed E-state index contributed by atoms with van der Waals surface area (Å²) in [6.45, 7) is 2.01. The van der Waals surface area contributed by atoms with Gasteiger partial charge in [0.2, 0.25) is 0 Å². The molecule has 0 amide bonds. The first-order chi connectivity index (χ1) is 7.36. The Labute approximate surface area is 92.8 Å². The average molecular weight is 224 g/mol. The van der Waals surface area contributed by atoms with Gasteiger partial charge in [-0.25, -0.2) is 0 Å². The van der Waals surface area contributed by atoms with Gasteiger partial charge in [-0.3, -0.25) is 9.19 Å². The number of nitrogens with one attached hydrogen (secondary N) is 1. The molecule has 0 radical (unpaired) electrons. The Hall–Kier alpha value is -0.740. The van der Waals surface area contributed by atoms with Crippen molar-refractivity contribution >= 4 is 10.8 Å². The fraction of sp³-hybridized carbons (Fsp3) is 0.545. The minimum atomic E-state index is -0.725. The van der Waals surface area contributed by atoms with Crippen molar-refractivity contribution in [3.05, 3.63) is 30.1 Å². The second-order valence-corrected chi connectivity index (χ2v) is 5.55. The van der Waals surface area contributed by atoms with Gasteiger partial charge in [0.25, 0.3) is 0 Å². The van der Waals surface area contributed by atoms with Crippen molar-refractivity contribution in [3.63, 3.8) is 0 Å². The predicted molar refractivity (Wildman–Crippen MR) is 62.0 cm³/mol. The monoisotopic (exact) mass is 224 g/mol. The lowest BCUT2D eigenvalue weighted by atomic mass is 10.2. The second kappa shape index (κ2) is 5.37. The first-order valence-electron chi connectivity index (χ1n) is 5.33. The smallest absolute Gasteiger partial charge is 0.0489 e. The Morgan fingerprint density at radius 3 is 2.67 bits per heavy atom. The molecule has 2 rings (SSSR count). The Morgan fingerprint density at radius 1 is 1.33 bits per heavy atom. The van der Waals surface area contributed by atoms with Crippen LogP contribution in [0.25, 0.3) is 0 Å². The van der Waals surface area contributed by atoms with Crippen LogP contribution < -0.4 is 5.32 Å². The molecule has 0 bridgehead atoms. The summed E-state index contributed by atoms with van der Waals surface area (Å²) in [5, 5.41) is 3.66. The average Bonchev–Trinajstić information content (AvgIpc) is 2.31. The number of aromatic nitrogens is 1. The van der Waals surface area contributed by atoms with Crippen molar-refractivity contribution in [2.24, 2.45) is 0 Å². The van der Waals surface area contributed by atoms with Gasteiger partial charge in [0.1, 0.15) is 0 Å². The molecule has 1 N–H and O–H groups in total. The molecule has 2 heterocycles. The lowest BCUT2D eigenvalue weighted by molar-refractivity contribution is 0.519. The quantitative estimate of drug-likeness (QED) is 0.835. The standard InChI is InChI=1S/C11H16N2OS/c14-15(11-3-7-13-8-4-11)9-10-1-5-12-6-2-10/h1-2,5-6,11,13H,3-4,7-9H2. The molecule has 1 aromatic rings. The molecule has 0 aliphatic carbocycles. The van der Waals surface area contributed by atoms with Crippen molar-refractivity contribution < 1.29 is 4.21 Å². The van der Waals surface area contributed by atoms with Crippen LogP contribution in [0.2, 0.25) is 0 Å². The van der Waals surface area contributed by atoms with Crippen molar-refractivity contribution in [3.8, 4) is 0 Å². The number of hydrogen-bond acceptors (Lipinski definition) is 3. The predicted octanol–water partition coefficient (Wildman–Crippen LogP) is 1.08. The van der Waals surface area contributed by atoms with Gasteiger partial charge in [-0.1, -0.05) is 0 Å². The molecule has 0 spiro atoms. The maximum absolute atomic E-state index is 12.0. The maximum atomic E-state index is 12.0. The van der Waals surface area contributed by atoms with E-state index in [0.29, 0.717) is 11.0 Å². The summed E-state index contributed by atoms with van der Waals surface area (Å²) in [6.07, 6.45) is 5.60. The molecule has 1 atom stereocenters. The second-order valence-electron chi connectivity index (χ2n) is 3.83. The molecule has 1 saturated heterocycles. The van der Waals surface area contributed by atoms with Gasteiger partial charge in [-0.2, -0.15) is 0 Å².